The van der Waals surface area contributed by atoms with Gasteiger partial charge in [0.05, 0.1) is 25.2 Å². The van der Waals surface area contributed by atoms with Gasteiger partial charge in [-0.05, 0) is 18.2 Å². The molecule has 1 unspecified atom stereocenters. The van der Waals surface area contributed by atoms with Gasteiger partial charge in [-0.15, -0.1) is 0 Å². The van der Waals surface area contributed by atoms with Crippen LogP contribution in [0.5, 0.6) is 5.75 Å². The van der Waals surface area contributed by atoms with Crippen molar-refractivity contribution in [2.45, 2.75) is 6.04 Å². The highest BCUT2D eigenvalue weighted by atomic mass is 35.5. The molecule has 2 N–H and O–H groups in total. The van der Waals surface area contributed by atoms with Gasteiger partial charge < -0.3 is 15.0 Å². The largest absolute Gasteiger partial charge is 0.496 e. The van der Waals surface area contributed by atoms with E-state index in [1.807, 2.05) is 17.8 Å². The molecule has 0 aliphatic rings. The molecular formula is C12H14ClN3O. The van der Waals surface area contributed by atoms with Crippen LogP contribution in [0.4, 0.5) is 0 Å². The number of methoxy groups -OCH3 is 1. The Bertz CT molecular complexity index is 524. The first-order valence-corrected chi connectivity index (χ1v) is 5.56. The van der Waals surface area contributed by atoms with Crippen LogP contribution in [0.3, 0.4) is 0 Å². The van der Waals surface area contributed by atoms with E-state index < -0.39 is 0 Å². The maximum Gasteiger partial charge on any atom is 0.124 e. The first kappa shape index (κ1) is 12.0. The Kier molecular flexibility index (Phi) is 3.36. The zero-order valence-electron chi connectivity index (χ0n) is 9.72. The second-order valence-corrected chi connectivity index (χ2v) is 4.26. The van der Waals surface area contributed by atoms with E-state index in [0.717, 1.165) is 11.3 Å². The minimum Gasteiger partial charge on any atom is -0.496 e. The van der Waals surface area contributed by atoms with E-state index in [0.29, 0.717) is 10.8 Å². The van der Waals surface area contributed by atoms with Gasteiger partial charge >= 0.3 is 0 Å². The van der Waals surface area contributed by atoms with Gasteiger partial charge in [-0.25, -0.2) is 4.98 Å². The monoisotopic (exact) mass is 251 g/mol. The Labute approximate surface area is 105 Å². The molecule has 0 bridgehead atoms. The van der Waals surface area contributed by atoms with Crippen molar-refractivity contribution in [2.75, 3.05) is 7.11 Å². The maximum atomic E-state index is 6.16. The van der Waals surface area contributed by atoms with Gasteiger partial charge in [-0.2, -0.15) is 0 Å². The molecule has 1 atom stereocenters. The van der Waals surface area contributed by atoms with Crippen molar-refractivity contribution < 1.29 is 4.74 Å². The van der Waals surface area contributed by atoms with Gasteiger partial charge in [0.25, 0.3) is 0 Å². The van der Waals surface area contributed by atoms with Crippen molar-refractivity contribution in [3.05, 3.63) is 47.0 Å². The fourth-order valence-corrected chi connectivity index (χ4v) is 1.88. The predicted molar refractivity (Wildman–Crippen MR) is 67.2 cm³/mol. The molecule has 0 saturated heterocycles. The molecule has 0 saturated carbocycles. The number of nitrogens with two attached hydrogens (primary N) is 1. The average Bonchev–Trinajstić information content (AvgIpc) is 2.75. The summed E-state index contributed by atoms with van der Waals surface area (Å²) in [6.07, 6.45) is 3.59. The molecule has 0 radical (unpaired) electrons. The molecule has 5 heteroatoms. The Hall–Kier alpha value is -1.52. The van der Waals surface area contributed by atoms with E-state index in [2.05, 4.69) is 4.98 Å². The third kappa shape index (κ3) is 2.43. The number of imidazole rings is 1. The van der Waals surface area contributed by atoms with Gasteiger partial charge in [0, 0.05) is 23.8 Å². The van der Waals surface area contributed by atoms with Gasteiger partial charge in [0.15, 0.2) is 0 Å². The van der Waals surface area contributed by atoms with Crippen molar-refractivity contribution >= 4 is 11.6 Å². The number of benzene rings is 1. The molecule has 4 nitrogen and oxygen atoms in total. The molecular weight excluding hydrogens is 238 g/mol. The van der Waals surface area contributed by atoms with Crippen LogP contribution >= 0.6 is 11.6 Å². The summed E-state index contributed by atoms with van der Waals surface area (Å²) in [5.74, 6) is 0.715. The smallest absolute Gasteiger partial charge is 0.124 e. The van der Waals surface area contributed by atoms with Crippen molar-refractivity contribution in [1.82, 2.24) is 9.55 Å². The molecule has 1 heterocycles. The van der Waals surface area contributed by atoms with Gasteiger partial charge in [-0.1, -0.05) is 11.6 Å². The molecule has 1 aromatic carbocycles. The van der Waals surface area contributed by atoms with Crippen molar-refractivity contribution in [1.29, 1.82) is 0 Å². The molecule has 2 aromatic rings. The van der Waals surface area contributed by atoms with E-state index in [9.17, 15) is 0 Å². The van der Waals surface area contributed by atoms with Crippen LogP contribution in [0.2, 0.25) is 5.02 Å². The van der Waals surface area contributed by atoms with E-state index in [1.54, 1.807) is 31.6 Å². The van der Waals surface area contributed by atoms with Crippen molar-refractivity contribution in [3.8, 4) is 5.75 Å². The number of ether oxygens (including phenoxy) is 1. The lowest BCUT2D eigenvalue weighted by Gasteiger charge is -2.14. The van der Waals surface area contributed by atoms with E-state index >= 15 is 0 Å². The molecule has 0 amide bonds. The van der Waals surface area contributed by atoms with E-state index in [4.69, 9.17) is 22.1 Å². The second-order valence-electron chi connectivity index (χ2n) is 3.83. The third-order valence-corrected chi connectivity index (χ3v) is 2.81. The van der Waals surface area contributed by atoms with Crippen LogP contribution in [0, 0.1) is 0 Å². The highest BCUT2D eigenvalue weighted by Gasteiger charge is 2.16. The van der Waals surface area contributed by atoms with Gasteiger partial charge in [-0.3, -0.25) is 0 Å². The summed E-state index contributed by atoms with van der Waals surface area (Å²) < 4.78 is 7.13. The van der Waals surface area contributed by atoms with E-state index in [1.165, 1.54) is 0 Å². The number of hydrogen-bond acceptors (Lipinski definition) is 3. The SMILES string of the molecule is COc1ccc(Cl)cc1C(N)c1cn(C)cn1. The lowest BCUT2D eigenvalue weighted by molar-refractivity contribution is 0.407. The average molecular weight is 252 g/mol. The second kappa shape index (κ2) is 4.77. The molecule has 17 heavy (non-hydrogen) atoms. The van der Waals surface area contributed by atoms with Crippen molar-refractivity contribution in [3.63, 3.8) is 0 Å². The van der Waals surface area contributed by atoms with Crippen LogP contribution in [0.15, 0.2) is 30.7 Å². The standard InChI is InChI=1S/C12H14ClN3O/c1-16-6-10(15-7-16)12(14)9-5-8(13)3-4-11(9)17-2/h3-7,12H,14H2,1-2H3. The van der Waals surface area contributed by atoms with Crippen molar-refractivity contribution in [2.24, 2.45) is 12.8 Å². The maximum absolute atomic E-state index is 6.16. The summed E-state index contributed by atoms with van der Waals surface area (Å²) in [7, 11) is 3.51. The lowest BCUT2D eigenvalue weighted by atomic mass is 10.0. The summed E-state index contributed by atoms with van der Waals surface area (Å²) in [5, 5.41) is 0.632. The molecule has 90 valence electrons. The van der Waals surface area contributed by atoms with Crippen LogP contribution in [-0.2, 0) is 7.05 Å². The van der Waals surface area contributed by atoms with Crippen LogP contribution in [-0.4, -0.2) is 16.7 Å². The minimum atomic E-state index is -0.343. The highest BCUT2D eigenvalue weighted by molar-refractivity contribution is 6.30. The fraction of sp³-hybridized carbons (Fsp3) is 0.250. The molecule has 0 aliphatic heterocycles. The third-order valence-electron chi connectivity index (χ3n) is 2.57. The zero-order valence-corrected chi connectivity index (χ0v) is 10.5. The first-order chi connectivity index (χ1) is 8.11. The van der Waals surface area contributed by atoms with Crippen LogP contribution < -0.4 is 10.5 Å². The summed E-state index contributed by atoms with van der Waals surface area (Å²) in [4.78, 5) is 4.24. The number of aromatic nitrogens is 2. The lowest BCUT2D eigenvalue weighted by Crippen LogP contribution is -2.13. The summed E-state index contributed by atoms with van der Waals surface area (Å²) in [6.45, 7) is 0. The fourth-order valence-electron chi connectivity index (χ4n) is 1.70. The Morgan fingerprint density at radius 2 is 2.24 bits per heavy atom. The number of rotatable bonds is 3. The van der Waals surface area contributed by atoms with Crippen LogP contribution in [0.25, 0.3) is 0 Å². The predicted octanol–water partition coefficient (Wildman–Crippen LogP) is 2.13. The summed E-state index contributed by atoms with van der Waals surface area (Å²) in [5.41, 5.74) is 7.78. The zero-order chi connectivity index (χ0) is 12.4. The highest BCUT2D eigenvalue weighted by Crippen LogP contribution is 2.29. The van der Waals surface area contributed by atoms with Crippen LogP contribution in [0.1, 0.15) is 17.3 Å². The number of hydrogen-bond donors (Lipinski definition) is 1. The van der Waals surface area contributed by atoms with Gasteiger partial charge in [0.1, 0.15) is 5.75 Å². The Morgan fingerprint density at radius 3 is 2.82 bits per heavy atom. The number of aryl methyl sites for hydroxylation is 1. The minimum absolute atomic E-state index is 0.343. The normalized spacial score (nSPS) is 12.5. The molecule has 0 spiro atoms. The Morgan fingerprint density at radius 1 is 1.47 bits per heavy atom. The van der Waals surface area contributed by atoms with E-state index in [-0.39, 0.29) is 6.04 Å². The molecule has 0 aliphatic carbocycles. The molecule has 0 fully saturated rings. The molecule has 1 aromatic heterocycles. The number of halogens is 1. The first-order valence-electron chi connectivity index (χ1n) is 5.18. The topological polar surface area (TPSA) is 53.1 Å². The summed E-state index contributed by atoms with van der Waals surface area (Å²) in [6, 6.07) is 5.04. The number of nitrogens with zero attached hydrogens (tertiary/aromatic N) is 2. The summed E-state index contributed by atoms with van der Waals surface area (Å²) >= 11 is 5.97. The quantitative estimate of drug-likeness (QED) is 0.909. The Balaban J connectivity index is 2.42. The molecule has 2 rings (SSSR count). The van der Waals surface area contributed by atoms with Gasteiger partial charge in [0.2, 0.25) is 0 Å².